The Kier molecular flexibility index (Phi) is 4.73. The molecule has 6 heteroatoms. The van der Waals surface area contributed by atoms with Gasteiger partial charge in [-0.1, -0.05) is 0 Å². The molecule has 4 rings (SSSR count). The molecule has 2 N–H and O–H groups in total. The first-order valence-electron chi connectivity index (χ1n) is 9.00. The SMILES string of the molecule is Cc1cc(Nc2ccc(N3CCCC3)cc2)nc(NCc2ccco2)n1. The van der Waals surface area contributed by atoms with Gasteiger partial charge in [-0.3, -0.25) is 0 Å². The summed E-state index contributed by atoms with van der Waals surface area (Å²) in [6.45, 7) is 4.83. The maximum Gasteiger partial charge on any atom is 0.225 e. The van der Waals surface area contributed by atoms with Crippen molar-refractivity contribution < 1.29 is 4.42 Å². The molecule has 0 amide bonds. The van der Waals surface area contributed by atoms with Crippen molar-refractivity contribution in [3.05, 3.63) is 60.2 Å². The molecule has 26 heavy (non-hydrogen) atoms. The summed E-state index contributed by atoms with van der Waals surface area (Å²) >= 11 is 0. The van der Waals surface area contributed by atoms with Crippen molar-refractivity contribution in [3.8, 4) is 0 Å². The van der Waals surface area contributed by atoms with Crippen molar-refractivity contribution in [2.45, 2.75) is 26.3 Å². The van der Waals surface area contributed by atoms with Gasteiger partial charge < -0.3 is 20.0 Å². The summed E-state index contributed by atoms with van der Waals surface area (Å²) in [6.07, 6.45) is 4.23. The lowest BCUT2D eigenvalue weighted by molar-refractivity contribution is 0.517. The van der Waals surface area contributed by atoms with E-state index < -0.39 is 0 Å². The normalized spacial score (nSPS) is 13.8. The van der Waals surface area contributed by atoms with Crippen molar-refractivity contribution in [2.24, 2.45) is 0 Å². The molecule has 3 heterocycles. The van der Waals surface area contributed by atoms with E-state index >= 15 is 0 Å². The van der Waals surface area contributed by atoms with Crippen LogP contribution in [0.15, 0.2) is 53.1 Å². The molecular weight excluding hydrogens is 326 g/mol. The first kappa shape index (κ1) is 16.4. The number of hydrogen-bond acceptors (Lipinski definition) is 6. The predicted octanol–water partition coefficient (Wildman–Crippen LogP) is 4.33. The minimum Gasteiger partial charge on any atom is -0.467 e. The van der Waals surface area contributed by atoms with Crippen LogP contribution in [-0.4, -0.2) is 23.1 Å². The second-order valence-electron chi connectivity index (χ2n) is 6.52. The topological polar surface area (TPSA) is 66.2 Å². The second-order valence-corrected chi connectivity index (χ2v) is 6.52. The number of furan rings is 1. The van der Waals surface area contributed by atoms with E-state index in [1.165, 1.54) is 18.5 Å². The molecule has 0 unspecified atom stereocenters. The van der Waals surface area contributed by atoms with Crippen molar-refractivity contribution >= 4 is 23.1 Å². The molecule has 0 saturated carbocycles. The molecule has 0 aliphatic carbocycles. The number of anilines is 4. The highest BCUT2D eigenvalue weighted by Gasteiger charge is 2.12. The molecule has 0 radical (unpaired) electrons. The molecule has 134 valence electrons. The predicted molar refractivity (Wildman–Crippen MR) is 104 cm³/mol. The molecule has 2 aromatic heterocycles. The summed E-state index contributed by atoms with van der Waals surface area (Å²) in [6, 6.07) is 14.3. The number of rotatable bonds is 6. The third-order valence-corrected chi connectivity index (χ3v) is 4.47. The zero-order chi connectivity index (χ0) is 17.8. The van der Waals surface area contributed by atoms with Gasteiger partial charge in [-0.05, 0) is 56.2 Å². The molecule has 1 saturated heterocycles. The van der Waals surface area contributed by atoms with Gasteiger partial charge in [-0.25, -0.2) is 4.98 Å². The number of aryl methyl sites for hydroxylation is 1. The van der Waals surface area contributed by atoms with Crippen molar-refractivity contribution in [1.29, 1.82) is 0 Å². The maximum atomic E-state index is 5.33. The second kappa shape index (κ2) is 7.47. The Bertz CT molecular complexity index is 839. The Labute approximate surface area is 153 Å². The standard InChI is InChI=1S/C20H23N5O/c1-15-13-19(24-20(22-15)21-14-18-5-4-12-26-18)23-16-6-8-17(9-7-16)25-10-2-3-11-25/h4-9,12-13H,2-3,10-11,14H2,1H3,(H2,21,22,23,24). The quantitative estimate of drug-likeness (QED) is 0.690. The molecule has 0 bridgehead atoms. The molecule has 0 atom stereocenters. The largest absolute Gasteiger partial charge is 0.467 e. The van der Waals surface area contributed by atoms with Gasteiger partial charge in [-0.15, -0.1) is 0 Å². The van der Waals surface area contributed by atoms with Gasteiger partial charge in [0.25, 0.3) is 0 Å². The Balaban J connectivity index is 1.43. The lowest BCUT2D eigenvalue weighted by Gasteiger charge is -2.18. The van der Waals surface area contributed by atoms with Gasteiger partial charge in [0.15, 0.2) is 0 Å². The highest BCUT2D eigenvalue weighted by Crippen LogP contribution is 2.24. The number of aromatic nitrogens is 2. The lowest BCUT2D eigenvalue weighted by Crippen LogP contribution is -2.17. The summed E-state index contributed by atoms with van der Waals surface area (Å²) in [5.41, 5.74) is 3.20. The fourth-order valence-electron chi connectivity index (χ4n) is 3.17. The van der Waals surface area contributed by atoms with Gasteiger partial charge in [0.2, 0.25) is 5.95 Å². The molecule has 3 aromatic rings. The number of nitrogens with zero attached hydrogens (tertiary/aromatic N) is 3. The van der Waals surface area contributed by atoms with Crippen LogP contribution in [0.2, 0.25) is 0 Å². The van der Waals surface area contributed by atoms with Gasteiger partial charge >= 0.3 is 0 Å². The van der Waals surface area contributed by atoms with E-state index in [0.29, 0.717) is 12.5 Å². The van der Waals surface area contributed by atoms with Crippen LogP contribution in [0.3, 0.4) is 0 Å². The fourth-order valence-corrected chi connectivity index (χ4v) is 3.17. The van der Waals surface area contributed by atoms with E-state index in [4.69, 9.17) is 4.42 Å². The summed E-state index contributed by atoms with van der Waals surface area (Å²) in [5.74, 6) is 2.20. The minimum atomic E-state index is 0.556. The van der Waals surface area contributed by atoms with Crippen LogP contribution in [0.5, 0.6) is 0 Å². The molecule has 1 fully saturated rings. The van der Waals surface area contributed by atoms with Crippen LogP contribution < -0.4 is 15.5 Å². The number of benzene rings is 1. The maximum absolute atomic E-state index is 5.33. The van der Waals surface area contributed by atoms with Gasteiger partial charge in [-0.2, -0.15) is 4.98 Å². The lowest BCUT2D eigenvalue weighted by atomic mass is 10.2. The zero-order valence-corrected chi connectivity index (χ0v) is 14.9. The molecule has 6 nitrogen and oxygen atoms in total. The van der Waals surface area contributed by atoms with Crippen molar-refractivity contribution in [3.63, 3.8) is 0 Å². The van der Waals surface area contributed by atoms with Crippen LogP contribution in [0.1, 0.15) is 24.3 Å². The number of nitrogens with one attached hydrogen (secondary N) is 2. The average Bonchev–Trinajstić information content (AvgIpc) is 3.34. The molecular formula is C20H23N5O. The highest BCUT2D eigenvalue weighted by molar-refractivity contribution is 5.61. The van der Waals surface area contributed by atoms with Crippen LogP contribution >= 0.6 is 0 Å². The highest BCUT2D eigenvalue weighted by atomic mass is 16.3. The molecule has 1 aliphatic heterocycles. The summed E-state index contributed by atoms with van der Waals surface area (Å²) in [5, 5.41) is 6.56. The first-order chi connectivity index (χ1) is 12.8. The van der Waals surface area contributed by atoms with Crippen LogP contribution in [-0.2, 0) is 6.54 Å². The first-order valence-corrected chi connectivity index (χ1v) is 9.00. The Morgan fingerprint density at radius 3 is 2.62 bits per heavy atom. The van der Waals surface area contributed by atoms with Crippen LogP contribution in [0.25, 0.3) is 0 Å². The third kappa shape index (κ3) is 3.96. The van der Waals surface area contributed by atoms with Gasteiger partial charge in [0.1, 0.15) is 11.6 Å². The fraction of sp³-hybridized carbons (Fsp3) is 0.300. The molecule has 1 aromatic carbocycles. The Hall–Kier alpha value is -3.02. The van der Waals surface area contributed by atoms with Gasteiger partial charge in [0.05, 0.1) is 12.8 Å². The summed E-state index contributed by atoms with van der Waals surface area (Å²) in [4.78, 5) is 11.4. The summed E-state index contributed by atoms with van der Waals surface area (Å²) < 4.78 is 5.33. The van der Waals surface area contributed by atoms with Crippen molar-refractivity contribution in [2.75, 3.05) is 28.6 Å². The van der Waals surface area contributed by atoms with E-state index in [1.54, 1.807) is 6.26 Å². The van der Waals surface area contributed by atoms with E-state index in [0.717, 1.165) is 36.0 Å². The van der Waals surface area contributed by atoms with E-state index in [1.807, 2.05) is 25.1 Å². The van der Waals surface area contributed by atoms with E-state index in [9.17, 15) is 0 Å². The zero-order valence-electron chi connectivity index (χ0n) is 14.9. The molecule has 1 aliphatic rings. The smallest absolute Gasteiger partial charge is 0.225 e. The van der Waals surface area contributed by atoms with Crippen molar-refractivity contribution in [1.82, 2.24) is 9.97 Å². The third-order valence-electron chi connectivity index (χ3n) is 4.47. The monoisotopic (exact) mass is 349 g/mol. The van der Waals surface area contributed by atoms with Crippen LogP contribution in [0.4, 0.5) is 23.1 Å². The number of hydrogen-bond donors (Lipinski definition) is 2. The van der Waals surface area contributed by atoms with Crippen LogP contribution in [0, 0.1) is 6.92 Å². The molecule has 0 spiro atoms. The Morgan fingerprint density at radius 2 is 1.88 bits per heavy atom. The minimum absolute atomic E-state index is 0.556. The van der Waals surface area contributed by atoms with E-state index in [-0.39, 0.29) is 0 Å². The van der Waals surface area contributed by atoms with E-state index in [2.05, 4.69) is 49.8 Å². The summed E-state index contributed by atoms with van der Waals surface area (Å²) in [7, 11) is 0. The Morgan fingerprint density at radius 1 is 1.08 bits per heavy atom. The van der Waals surface area contributed by atoms with Gasteiger partial charge in [0, 0.05) is 36.2 Å². The average molecular weight is 349 g/mol.